The first kappa shape index (κ1) is 15.3. The molecule has 0 aliphatic carbocycles. The van der Waals surface area contributed by atoms with Crippen LogP contribution in [0.4, 0.5) is 0 Å². The molecule has 7 heteroatoms. The lowest BCUT2D eigenvalue weighted by molar-refractivity contribution is -0.133. The molecule has 0 radical (unpaired) electrons. The highest BCUT2D eigenvalue weighted by molar-refractivity contribution is 6.30. The van der Waals surface area contributed by atoms with Gasteiger partial charge in [0.2, 0.25) is 12.0 Å². The zero-order valence-corrected chi connectivity index (χ0v) is 12.3. The van der Waals surface area contributed by atoms with Gasteiger partial charge in [-0.1, -0.05) is 28.9 Å². The van der Waals surface area contributed by atoms with Gasteiger partial charge in [-0.2, -0.15) is 0 Å². The largest absolute Gasteiger partial charge is 0.382 e. The normalized spacial score (nSPS) is 16.9. The summed E-state index contributed by atoms with van der Waals surface area (Å²) in [7, 11) is 0. The second-order valence-electron chi connectivity index (χ2n) is 4.51. The molecule has 0 saturated carbocycles. The zero-order valence-electron chi connectivity index (χ0n) is 11.6. The van der Waals surface area contributed by atoms with Crippen LogP contribution in [0.15, 0.2) is 29.4 Å². The van der Waals surface area contributed by atoms with Crippen LogP contribution in [0.3, 0.4) is 0 Å². The molecule has 2 rings (SSSR count). The second-order valence-corrected chi connectivity index (χ2v) is 4.95. The average molecular weight is 310 g/mol. The van der Waals surface area contributed by atoms with E-state index in [-0.39, 0.29) is 18.4 Å². The van der Waals surface area contributed by atoms with Crippen LogP contribution >= 0.6 is 11.6 Å². The first-order chi connectivity index (χ1) is 10.1. The molecule has 1 atom stereocenters. The van der Waals surface area contributed by atoms with Crippen molar-refractivity contribution < 1.29 is 14.4 Å². The van der Waals surface area contributed by atoms with E-state index in [1.54, 1.807) is 12.1 Å². The Labute approximate surface area is 127 Å². The van der Waals surface area contributed by atoms with Gasteiger partial charge < -0.3 is 15.5 Å². The average Bonchev–Trinajstić information content (AvgIpc) is 2.96. The van der Waals surface area contributed by atoms with Crippen molar-refractivity contribution in [1.82, 2.24) is 10.6 Å². The summed E-state index contributed by atoms with van der Waals surface area (Å²) in [6.07, 6.45) is -0.340. The van der Waals surface area contributed by atoms with Crippen molar-refractivity contribution in [1.29, 1.82) is 0 Å². The van der Waals surface area contributed by atoms with Crippen LogP contribution in [0.2, 0.25) is 5.02 Å². The highest BCUT2D eigenvalue weighted by Gasteiger charge is 2.28. The number of rotatable bonds is 5. The van der Waals surface area contributed by atoms with Gasteiger partial charge in [0.15, 0.2) is 0 Å². The Hall–Kier alpha value is -2.08. The Balaban J connectivity index is 1.85. The van der Waals surface area contributed by atoms with E-state index in [1.165, 1.54) is 0 Å². The first-order valence-electron chi connectivity index (χ1n) is 6.63. The van der Waals surface area contributed by atoms with Crippen LogP contribution in [0, 0.1) is 0 Å². The van der Waals surface area contributed by atoms with Crippen LogP contribution in [-0.2, 0) is 14.4 Å². The molecule has 0 bridgehead atoms. The number of nitrogens with zero attached hydrogens (tertiary/aromatic N) is 1. The van der Waals surface area contributed by atoms with E-state index in [4.69, 9.17) is 16.4 Å². The zero-order chi connectivity index (χ0) is 15.2. The number of hydrogen-bond acceptors (Lipinski definition) is 4. The number of carbonyl (C=O) groups is 2. The number of oxime groups is 1. The summed E-state index contributed by atoms with van der Waals surface area (Å²) >= 11 is 5.82. The molecule has 0 fully saturated rings. The van der Waals surface area contributed by atoms with Gasteiger partial charge >= 0.3 is 0 Å². The van der Waals surface area contributed by atoms with Crippen molar-refractivity contribution in [3.63, 3.8) is 0 Å². The second kappa shape index (κ2) is 7.08. The van der Waals surface area contributed by atoms with E-state index in [1.807, 2.05) is 19.1 Å². The minimum Gasteiger partial charge on any atom is -0.382 e. The fourth-order valence-electron chi connectivity index (χ4n) is 1.87. The predicted molar refractivity (Wildman–Crippen MR) is 79.2 cm³/mol. The summed E-state index contributed by atoms with van der Waals surface area (Å²) in [6.45, 7) is 2.27. The van der Waals surface area contributed by atoms with E-state index in [0.29, 0.717) is 23.7 Å². The molecular weight excluding hydrogens is 294 g/mol. The number of nitrogens with one attached hydrogen (secondary N) is 2. The molecule has 21 heavy (non-hydrogen) atoms. The van der Waals surface area contributed by atoms with Crippen molar-refractivity contribution in [3.05, 3.63) is 34.9 Å². The summed E-state index contributed by atoms with van der Waals surface area (Å²) in [5.41, 5.74) is 1.54. The molecule has 0 spiro atoms. The van der Waals surface area contributed by atoms with Crippen LogP contribution in [0.25, 0.3) is 0 Å². The SMILES string of the molecule is CCNC(=O)CNC(=O)C1CC(c2ccc(Cl)cc2)=NO1. The molecule has 1 aromatic rings. The van der Waals surface area contributed by atoms with Crippen molar-refractivity contribution in [2.45, 2.75) is 19.4 Å². The van der Waals surface area contributed by atoms with E-state index in [2.05, 4.69) is 15.8 Å². The summed E-state index contributed by atoms with van der Waals surface area (Å²) in [6, 6.07) is 7.14. The topological polar surface area (TPSA) is 79.8 Å². The lowest BCUT2D eigenvalue weighted by Crippen LogP contribution is -2.41. The molecule has 1 aromatic carbocycles. The molecule has 112 valence electrons. The number of hydrogen-bond donors (Lipinski definition) is 2. The summed E-state index contributed by atoms with van der Waals surface area (Å²) in [5, 5.41) is 9.66. The molecule has 2 N–H and O–H groups in total. The van der Waals surface area contributed by atoms with Gasteiger partial charge in [-0.15, -0.1) is 0 Å². The molecular formula is C14H16ClN3O3. The maximum absolute atomic E-state index is 11.9. The third-order valence-corrected chi connectivity index (χ3v) is 3.19. The van der Waals surface area contributed by atoms with Crippen LogP contribution in [0.1, 0.15) is 18.9 Å². The Kier molecular flexibility index (Phi) is 5.16. The van der Waals surface area contributed by atoms with E-state index in [9.17, 15) is 9.59 Å². The monoisotopic (exact) mass is 309 g/mol. The summed E-state index contributed by atoms with van der Waals surface area (Å²) in [5.74, 6) is -0.586. The highest BCUT2D eigenvalue weighted by atomic mass is 35.5. The van der Waals surface area contributed by atoms with Crippen molar-refractivity contribution in [2.24, 2.45) is 5.16 Å². The fraction of sp³-hybridized carbons (Fsp3) is 0.357. The molecule has 1 unspecified atom stereocenters. The van der Waals surface area contributed by atoms with Crippen LogP contribution in [0.5, 0.6) is 0 Å². The lowest BCUT2D eigenvalue weighted by atomic mass is 10.0. The van der Waals surface area contributed by atoms with Crippen molar-refractivity contribution >= 4 is 29.1 Å². The maximum atomic E-state index is 11.9. The van der Waals surface area contributed by atoms with E-state index < -0.39 is 6.10 Å². The minimum absolute atomic E-state index is 0.0667. The molecule has 2 amide bonds. The van der Waals surface area contributed by atoms with E-state index >= 15 is 0 Å². The van der Waals surface area contributed by atoms with Gasteiger partial charge in [0, 0.05) is 18.0 Å². The Morgan fingerprint density at radius 2 is 2.05 bits per heavy atom. The van der Waals surface area contributed by atoms with Crippen LogP contribution in [-0.4, -0.2) is 36.7 Å². The summed E-state index contributed by atoms with van der Waals surface area (Å²) in [4.78, 5) is 28.3. The van der Waals surface area contributed by atoms with Gasteiger partial charge in [0.25, 0.3) is 5.91 Å². The molecule has 1 heterocycles. The molecule has 0 aromatic heterocycles. The van der Waals surface area contributed by atoms with Crippen molar-refractivity contribution in [2.75, 3.05) is 13.1 Å². The number of carbonyl (C=O) groups excluding carboxylic acids is 2. The fourth-order valence-corrected chi connectivity index (χ4v) is 2.00. The first-order valence-corrected chi connectivity index (χ1v) is 7.01. The smallest absolute Gasteiger partial charge is 0.264 e. The van der Waals surface area contributed by atoms with Gasteiger partial charge in [0.05, 0.1) is 12.3 Å². The number of benzene rings is 1. The van der Waals surface area contributed by atoms with Gasteiger partial charge in [-0.3, -0.25) is 9.59 Å². The standard InChI is InChI=1S/C14H16ClN3O3/c1-2-16-13(19)8-17-14(20)12-7-11(18-21-12)9-3-5-10(15)6-4-9/h3-6,12H,2,7-8H2,1H3,(H,16,19)(H,17,20). The predicted octanol–water partition coefficient (Wildman–Crippen LogP) is 1.09. The van der Waals surface area contributed by atoms with Crippen molar-refractivity contribution in [3.8, 4) is 0 Å². The van der Waals surface area contributed by atoms with Gasteiger partial charge in [-0.05, 0) is 24.6 Å². The Morgan fingerprint density at radius 3 is 2.71 bits per heavy atom. The molecule has 6 nitrogen and oxygen atoms in total. The van der Waals surface area contributed by atoms with E-state index in [0.717, 1.165) is 5.56 Å². The quantitative estimate of drug-likeness (QED) is 0.854. The number of likely N-dealkylation sites (N-methyl/N-ethyl adjacent to an activating group) is 1. The highest BCUT2D eigenvalue weighted by Crippen LogP contribution is 2.18. The molecule has 0 saturated heterocycles. The number of amides is 2. The molecule has 1 aliphatic rings. The molecule has 1 aliphatic heterocycles. The van der Waals surface area contributed by atoms with Crippen LogP contribution < -0.4 is 10.6 Å². The third-order valence-electron chi connectivity index (χ3n) is 2.94. The van der Waals surface area contributed by atoms with Gasteiger partial charge in [-0.25, -0.2) is 0 Å². The maximum Gasteiger partial charge on any atom is 0.264 e. The minimum atomic E-state index is -0.704. The Bertz CT molecular complexity index is 557. The lowest BCUT2D eigenvalue weighted by Gasteiger charge is -2.09. The van der Waals surface area contributed by atoms with Gasteiger partial charge in [0.1, 0.15) is 0 Å². The summed E-state index contributed by atoms with van der Waals surface area (Å²) < 4.78 is 0. The Morgan fingerprint density at radius 1 is 1.33 bits per heavy atom. The number of halogens is 1. The third kappa shape index (κ3) is 4.19.